The van der Waals surface area contributed by atoms with Crippen molar-refractivity contribution in [2.24, 2.45) is 0 Å². The molecule has 0 bridgehead atoms. The molecule has 0 aliphatic carbocycles. The molecule has 0 heterocycles. The summed E-state index contributed by atoms with van der Waals surface area (Å²) < 4.78 is 16.0. The van der Waals surface area contributed by atoms with Gasteiger partial charge < -0.3 is 19.5 Å². The first-order valence-corrected chi connectivity index (χ1v) is 7.70. The molecule has 2 aromatic carbocycles. The van der Waals surface area contributed by atoms with Gasteiger partial charge in [0.25, 0.3) is 5.91 Å². The van der Waals surface area contributed by atoms with Crippen molar-refractivity contribution >= 4 is 17.9 Å². The van der Waals surface area contributed by atoms with E-state index in [1.165, 1.54) is 26.4 Å². The molecule has 25 heavy (non-hydrogen) atoms. The van der Waals surface area contributed by atoms with Crippen LogP contribution in [0.4, 0.5) is 5.69 Å². The fraction of sp³-hybridized carbons (Fsp3) is 0.263. The van der Waals surface area contributed by atoms with Crippen LogP contribution in [-0.2, 0) is 4.79 Å². The van der Waals surface area contributed by atoms with Crippen molar-refractivity contribution in [1.29, 1.82) is 0 Å². The summed E-state index contributed by atoms with van der Waals surface area (Å²) in [6.45, 7) is 3.70. The quantitative estimate of drug-likeness (QED) is 0.782. The van der Waals surface area contributed by atoms with Crippen molar-refractivity contribution in [2.75, 3.05) is 26.1 Å². The predicted molar refractivity (Wildman–Crippen MR) is 95.0 cm³/mol. The molecule has 0 radical (unpaired) electrons. The molecular formula is C19H21NO5. The Morgan fingerprint density at radius 3 is 2.32 bits per heavy atom. The van der Waals surface area contributed by atoms with Crippen molar-refractivity contribution in [1.82, 2.24) is 0 Å². The number of methoxy groups -OCH3 is 2. The molecule has 2 aromatic rings. The van der Waals surface area contributed by atoms with E-state index in [-0.39, 0.29) is 18.3 Å². The van der Waals surface area contributed by atoms with Gasteiger partial charge >= 0.3 is 0 Å². The SMILES string of the molecule is COc1cc(C=O)cc(OC)c1OCC(=O)Nc1cccc(C)c1C. The number of hydrogen-bond acceptors (Lipinski definition) is 5. The summed E-state index contributed by atoms with van der Waals surface area (Å²) in [6, 6.07) is 8.73. The normalized spacial score (nSPS) is 10.1. The zero-order valence-electron chi connectivity index (χ0n) is 14.7. The third-order valence-corrected chi connectivity index (χ3v) is 3.85. The van der Waals surface area contributed by atoms with E-state index >= 15 is 0 Å². The van der Waals surface area contributed by atoms with E-state index in [1.807, 2.05) is 32.0 Å². The van der Waals surface area contributed by atoms with Gasteiger partial charge in [-0.05, 0) is 43.2 Å². The molecule has 0 saturated heterocycles. The highest BCUT2D eigenvalue weighted by Gasteiger charge is 2.16. The van der Waals surface area contributed by atoms with E-state index in [0.717, 1.165) is 16.8 Å². The zero-order valence-corrected chi connectivity index (χ0v) is 14.7. The first-order valence-electron chi connectivity index (χ1n) is 7.70. The molecule has 0 atom stereocenters. The Hall–Kier alpha value is -3.02. The average Bonchev–Trinajstić information content (AvgIpc) is 2.62. The second-order valence-electron chi connectivity index (χ2n) is 5.46. The molecule has 0 aliphatic heterocycles. The first kappa shape index (κ1) is 18.3. The number of aldehydes is 1. The van der Waals surface area contributed by atoms with Gasteiger partial charge in [-0.3, -0.25) is 9.59 Å². The van der Waals surface area contributed by atoms with Gasteiger partial charge in [-0.25, -0.2) is 0 Å². The average molecular weight is 343 g/mol. The van der Waals surface area contributed by atoms with Crippen LogP contribution in [-0.4, -0.2) is 33.0 Å². The number of ether oxygens (including phenoxy) is 3. The highest BCUT2D eigenvalue weighted by atomic mass is 16.5. The van der Waals surface area contributed by atoms with Crippen LogP contribution in [0, 0.1) is 13.8 Å². The molecular weight excluding hydrogens is 322 g/mol. The van der Waals surface area contributed by atoms with Crippen molar-refractivity contribution < 1.29 is 23.8 Å². The molecule has 132 valence electrons. The molecule has 0 aliphatic rings. The number of benzene rings is 2. The first-order chi connectivity index (χ1) is 12.0. The van der Waals surface area contributed by atoms with E-state index in [9.17, 15) is 9.59 Å². The smallest absolute Gasteiger partial charge is 0.262 e. The van der Waals surface area contributed by atoms with Gasteiger partial charge in [0.05, 0.1) is 14.2 Å². The van der Waals surface area contributed by atoms with Crippen LogP contribution in [0.2, 0.25) is 0 Å². The molecule has 6 nitrogen and oxygen atoms in total. The molecule has 0 spiro atoms. The minimum absolute atomic E-state index is 0.222. The van der Waals surface area contributed by atoms with Crippen LogP contribution in [0.3, 0.4) is 0 Å². The number of rotatable bonds is 7. The van der Waals surface area contributed by atoms with Gasteiger partial charge in [0, 0.05) is 11.3 Å². The predicted octanol–water partition coefficient (Wildman–Crippen LogP) is 3.15. The molecule has 0 aromatic heterocycles. The number of hydrogen-bond donors (Lipinski definition) is 1. The van der Waals surface area contributed by atoms with Gasteiger partial charge in [0.2, 0.25) is 5.75 Å². The van der Waals surface area contributed by atoms with Crippen molar-refractivity contribution in [2.45, 2.75) is 13.8 Å². The van der Waals surface area contributed by atoms with E-state index in [2.05, 4.69) is 5.32 Å². The van der Waals surface area contributed by atoms with Crippen LogP contribution in [0.1, 0.15) is 21.5 Å². The second kappa shape index (κ2) is 8.19. The molecule has 0 unspecified atom stereocenters. The summed E-state index contributed by atoms with van der Waals surface area (Å²) in [6.07, 6.45) is 0.683. The molecule has 1 amide bonds. The third-order valence-electron chi connectivity index (χ3n) is 3.85. The molecule has 0 saturated carbocycles. The van der Waals surface area contributed by atoms with Crippen molar-refractivity contribution in [3.05, 3.63) is 47.0 Å². The number of aryl methyl sites for hydroxylation is 1. The molecule has 0 fully saturated rings. The van der Waals surface area contributed by atoms with Crippen LogP contribution in [0.5, 0.6) is 17.2 Å². The lowest BCUT2D eigenvalue weighted by Crippen LogP contribution is -2.21. The topological polar surface area (TPSA) is 73.9 Å². The standard InChI is InChI=1S/C19H21NO5/c1-12-6-5-7-15(13(12)2)20-18(22)11-25-19-16(23-3)8-14(10-21)9-17(19)24-4/h5-10H,11H2,1-4H3,(H,20,22). The van der Waals surface area contributed by atoms with Gasteiger partial charge in [-0.2, -0.15) is 0 Å². The van der Waals surface area contributed by atoms with Crippen LogP contribution in [0.25, 0.3) is 0 Å². The Morgan fingerprint density at radius 2 is 1.76 bits per heavy atom. The van der Waals surface area contributed by atoms with Gasteiger partial charge in [0.1, 0.15) is 6.29 Å². The fourth-order valence-corrected chi connectivity index (χ4v) is 2.32. The van der Waals surface area contributed by atoms with Gasteiger partial charge in [0.15, 0.2) is 18.1 Å². The number of anilines is 1. The van der Waals surface area contributed by atoms with E-state index < -0.39 is 0 Å². The summed E-state index contributed by atoms with van der Waals surface area (Å²) in [5.41, 5.74) is 3.22. The van der Waals surface area contributed by atoms with Gasteiger partial charge in [-0.15, -0.1) is 0 Å². The van der Waals surface area contributed by atoms with E-state index in [0.29, 0.717) is 23.3 Å². The Morgan fingerprint density at radius 1 is 1.12 bits per heavy atom. The summed E-state index contributed by atoms with van der Waals surface area (Å²) in [4.78, 5) is 23.2. The Bertz CT molecular complexity index is 760. The maximum absolute atomic E-state index is 12.2. The highest BCUT2D eigenvalue weighted by molar-refractivity contribution is 5.93. The zero-order chi connectivity index (χ0) is 18.4. The third kappa shape index (κ3) is 4.29. The van der Waals surface area contributed by atoms with Crippen LogP contribution >= 0.6 is 0 Å². The van der Waals surface area contributed by atoms with Gasteiger partial charge in [-0.1, -0.05) is 12.1 Å². The Labute approximate surface area is 146 Å². The fourth-order valence-electron chi connectivity index (χ4n) is 2.32. The Balaban J connectivity index is 2.14. The summed E-state index contributed by atoms with van der Waals surface area (Å²) in [5.74, 6) is 0.603. The number of nitrogens with one attached hydrogen (secondary N) is 1. The van der Waals surface area contributed by atoms with Crippen molar-refractivity contribution in [3.8, 4) is 17.2 Å². The number of carbonyl (C=O) groups is 2. The summed E-state index contributed by atoms with van der Waals surface area (Å²) >= 11 is 0. The largest absolute Gasteiger partial charge is 0.493 e. The number of amides is 1. The molecule has 2 rings (SSSR count). The monoisotopic (exact) mass is 343 g/mol. The minimum Gasteiger partial charge on any atom is -0.493 e. The lowest BCUT2D eigenvalue weighted by molar-refractivity contribution is -0.118. The lowest BCUT2D eigenvalue weighted by Gasteiger charge is -2.15. The molecule has 6 heteroatoms. The van der Waals surface area contributed by atoms with Crippen LogP contribution in [0.15, 0.2) is 30.3 Å². The second-order valence-corrected chi connectivity index (χ2v) is 5.46. The Kier molecular flexibility index (Phi) is 6.00. The highest BCUT2D eigenvalue weighted by Crippen LogP contribution is 2.38. The van der Waals surface area contributed by atoms with Crippen LogP contribution < -0.4 is 19.5 Å². The number of carbonyl (C=O) groups excluding carboxylic acids is 2. The summed E-state index contributed by atoms with van der Waals surface area (Å²) in [5, 5.41) is 2.82. The minimum atomic E-state index is -0.308. The lowest BCUT2D eigenvalue weighted by atomic mass is 10.1. The van der Waals surface area contributed by atoms with Crippen molar-refractivity contribution in [3.63, 3.8) is 0 Å². The van der Waals surface area contributed by atoms with E-state index in [4.69, 9.17) is 14.2 Å². The maximum Gasteiger partial charge on any atom is 0.262 e. The maximum atomic E-state index is 12.2. The molecule has 1 N–H and O–H groups in total. The summed E-state index contributed by atoms with van der Waals surface area (Å²) in [7, 11) is 2.90. The van der Waals surface area contributed by atoms with E-state index in [1.54, 1.807) is 0 Å².